The Balaban J connectivity index is 2.47. The Kier molecular flexibility index (Phi) is 2.44. The van der Waals surface area contributed by atoms with Crippen molar-refractivity contribution in [2.75, 3.05) is 25.0 Å². The van der Waals surface area contributed by atoms with Crippen molar-refractivity contribution >= 4 is 11.5 Å². The lowest BCUT2D eigenvalue weighted by molar-refractivity contribution is -0.118. The highest BCUT2D eigenvalue weighted by atomic mass is 19.1. The molecule has 4 heteroatoms. The molecule has 1 aliphatic rings. The molecule has 0 saturated carbocycles. The number of nitrogens with two attached hydrogens (primary N) is 1. The summed E-state index contributed by atoms with van der Waals surface area (Å²) in [4.78, 5) is 13.3. The lowest BCUT2D eigenvalue weighted by atomic mass is 9.97. The number of hydrogen-bond acceptors (Lipinski definition) is 3. The zero-order valence-corrected chi connectivity index (χ0v) is 8.53. The third kappa shape index (κ3) is 1.51. The number of fused-ring (bicyclic) bond motifs is 1. The van der Waals surface area contributed by atoms with E-state index in [1.54, 1.807) is 24.1 Å². The van der Waals surface area contributed by atoms with E-state index in [1.165, 1.54) is 6.07 Å². The Morgan fingerprint density at radius 1 is 1.67 bits per heavy atom. The largest absolute Gasteiger partial charge is 0.371 e. The second kappa shape index (κ2) is 3.62. The molecule has 1 aromatic carbocycles. The number of carbonyl (C=O) groups excluding carboxylic acids is 1. The lowest BCUT2D eigenvalue weighted by Gasteiger charge is -2.12. The molecule has 1 heterocycles. The van der Waals surface area contributed by atoms with Gasteiger partial charge in [0.15, 0.2) is 5.78 Å². The summed E-state index contributed by atoms with van der Waals surface area (Å²) in [7, 11) is 1.78. The van der Waals surface area contributed by atoms with Gasteiger partial charge in [0.05, 0.1) is 18.2 Å². The van der Waals surface area contributed by atoms with Crippen LogP contribution in [-0.2, 0) is 4.79 Å². The van der Waals surface area contributed by atoms with Crippen LogP contribution in [0.1, 0.15) is 11.5 Å². The molecule has 2 N–H and O–H groups in total. The molecule has 1 aliphatic heterocycles. The second-order valence-corrected chi connectivity index (χ2v) is 3.78. The summed E-state index contributed by atoms with van der Waals surface area (Å²) < 4.78 is 13.5. The van der Waals surface area contributed by atoms with E-state index in [0.29, 0.717) is 12.2 Å². The smallest absolute Gasteiger partial charge is 0.155 e. The van der Waals surface area contributed by atoms with Gasteiger partial charge in [-0.15, -0.1) is 0 Å². The number of carbonyl (C=O) groups is 1. The molecule has 0 aromatic heterocycles. The number of Topliss-reactive ketones (excluding diaryl/α,β-unsaturated/α-hetero) is 1. The summed E-state index contributed by atoms with van der Waals surface area (Å²) in [6, 6.07) is 4.83. The number of para-hydroxylation sites is 1. The van der Waals surface area contributed by atoms with Crippen LogP contribution in [0.3, 0.4) is 0 Å². The zero-order valence-electron chi connectivity index (χ0n) is 8.53. The number of anilines is 1. The van der Waals surface area contributed by atoms with Crippen molar-refractivity contribution in [1.29, 1.82) is 0 Å². The third-order valence-corrected chi connectivity index (χ3v) is 2.82. The van der Waals surface area contributed by atoms with Crippen molar-refractivity contribution in [3.63, 3.8) is 0 Å². The van der Waals surface area contributed by atoms with Crippen LogP contribution >= 0.6 is 0 Å². The highest BCUT2D eigenvalue weighted by Crippen LogP contribution is 2.37. The molecule has 3 nitrogen and oxygen atoms in total. The van der Waals surface area contributed by atoms with Crippen LogP contribution in [0.15, 0.2) is 18.2 Å². The summed E-state index contributed by atoms with van der Waals surface area (Å²) >= 11 is 0. The first-order valence-electron chi connectivity index (χ1n) is 4.87. The van der Waals surface area contributed by atoms with Crippen LogP contribution in [-0.4, -0.2) is 25.9 Å². The number of halogens is 1. The molecule has 1 atom stereocenters. The maximum atomic E-state index is 13.5. The Morgan fingerprint density at radius 2 is 2.40 bits per heavy atom. The highest BCUT2D eigenvalue weighted by Gasteiger charge is 2.32. The minimum Gasteiger partial charge on any atom is -0.371 e. The number of likely N-dealkylation sites (N-methyl/N-ethyl adjacent to an activating group) is 1. The van der Waals surface area contributed by atoms with Crippen LogP contribution in [0, 0.1) is 5.82 Å². The Bertz CT molecular complexity index is 406. The highest BCUT2D eigenvalue weighted by molar-refractivity contribution is 5.91. The summed E-state index contributed by atoms with van der Waals surface area (Å²) in [5.41, 5.74) is 6.62. The predicted molar refractivity (Wildman–Crippen MR) is 56.5 cm³/mol. The fourth-order valence-corrected chi connectivity index (χ4v) is 2.10. The number of benzene rings is 1. The van der Waals surface area contributed by atoms with Gasteiger partial charge in [-0.3, -0.25) is 4.79 Å². The average molecular weight is 208 g/mol. The summed E-state index contributed by atoms with van der Waals surface area (Å²) in [6.45, 7) is 0.529. The van der Waals surface area contributed by atoms with Gasteiger partial charge < -0.3 is 10.6 Å². The molecule has 80 valence electrons. The number of rotatable bonds is 2. The van der Waals surface area contributed by atoms with E-state index in [-0.39, 0.29) is 24.1 Å². The quantitative estimate of drug-likeness (QED) is 0.785. The van der Waals surface area contributed by atoms with Crippen LogP contribution < -0.4 is 10.6 Å². The number of ketones is 1. The van der Waals surface area contributed by atoms with E-state index in [1.807, 2.05) is 0 Å². The van der Waals surface area contributed by atoms with Crippen molar-refractivity contribution in [2.45, 2.75) is 5.92 Å². The minimum atomic E-state index is -0.276. The molecule has 2 rings (SSSR count). The van der Waals surface area contributed by atoms with Gasteiger partial charge in [0, 0.05) is 13.6 Å². The van der Waals surface area contributed by atoms with Crippen LogP contribution in [0.4, 0.5) is 10.1 Å². The maximum absolute atomic E-state index is 13.5. The summed E-state index contributed by atoms with van der Waals surface area (Å²) in [5, 5.41) is 0. The molecule has 1 unspecified atom stereocenters. The van der Waals surface area contributed by atoms with E-state index >= 15 is 0 Å². The third-order valence-electron chi connectivity index (χ3n) is 2.82. The predicted octanol–water partition coefficient (Wildman–Crippen LogP) is 0.887. The molecular formula is C11H13FN2O. The topological polar surface area (TPSA) is 46.3 Å². The van der Waals surface area contributed by atoms with Crippen molar-refractivity contribution in [3.05, 3.63) is 29.6 Å². The van der Waals surface area contributed by atoms with E-state index in [2.05, 4.69) is 0 Å². The molecule has 0 bridgehead atoms. The first kappa shape index (κ1) is 10.1. The molecule has 0 aliphatic carbocycles. The van der Waals surface area contributed by atoms with Gasteiger partial charge in [-0.25, -0.2) is 4.39 Å². The molecule has 15 heavy (non-hydrogen) atoms. The van der Waals surface area contributed by atoms with Crippen LogP contribution in [0.5, 0.6) is 0 Å². The van der Waals surface area contributed by atoms with Gasteiger partial charge in [0.2, 0.25) is 0 Å². The fourth-order valence-electron chi connectivity index (χ4n) is 2.10. The van der Waals surface area contributed by atoms with Crippen molar-refractivity contribution in [1.82, 2.24) is 0 Å². The van der Waals surface area contributed by atoms with Crippen molar-refractivity contribution < 1.29 is 9.18 Å². The maximum Gasteiger partial charge on any atom is 0.155 e. The van der Waals surface area contributed by atoms with Gasteiger partial charge in [-0.05, 0) is 11.6 Å². The molecule has 0 fully saturated rings. The Morgan fingerprint density at radius 3 is 3.07 bits per heavy atom. The molecule has 0 radical (unpaired) electrons. The summed E-state index contributed by atoms with van der Waals surface area (Å²) in [6.07, 6.45) is 0. The first-order chi connectivity index (χ1) is 7.15. The van der Waals surface area contributed by atoms with Gasteiger partial charge in [0.25, 0.3) is 0 Å². The molecular weight excluding hydrogens is 195 g/mol. The van der Waals surface area contributed by atoms with E-state index in [0.717, 1.165) is 5.56 Å². The zero-order chi connectivity index (χ0) is 11.0. The second-order valence-electron chi connectivity index (χ2n) is 3.78. The molecule has 0 saturated heterocycles. The Labute approximate surface area is 87.7 Å². The average Bonchev–Trinajstić information content (AvgIpc) is 2.56. The van der Waals surface area contributed by atoms with E-state index in [9.17, 15) is 9.18 Å². The number of nitrogens with zero attached hydrogens (tertiary/aromatic N) is 1. The lowest BCUT2D eigenvalue weighted by Crippen LogP contribution is -2.25. The van der Waals surface area contributed by atoms with Gasteiger partial charge in [-0.2, -0.15) is 0 Å². The van der Waals surface area contributed by atoms with Gasteiger partial charge in [0.1, 0.15) is 5.82 Å². The molecule has 1 aromatic rings. The standard InChI is InChI=1S/C11H13FN2O/c1-14-6-8(10(15)5-13)7-3-2-4-9(12)11(7)14/h2-4,8H,5-6,13H2,1H3. The SMILES string of the molecule is CN1CC(C(=O)CN)c2cccc(F)c21. The molecule has 0 spiro atoms. The van der Waals surface area contributed by atoms with Crippen molar-refractivity contribution in [2.24, 2.45) is 5.73 Å². The monoisotopic (exact) mass is 208 g/mol. The summed E-state index contributed by atoms with van der Waals surface area (Å²) in [5.74, 6) is -0.584. The first-order valence-corrected chi connectivity index (χ1v) is 4.87. The van der Waals surface area contributed by atoms with Crippen LogP contribution in [0.2, 0.25) is 0 Å². The van der Waals surface area contributed by atoms with E-state index < -0.39 is 0 Å². The minimum absolute atomic E-state index is 0.00839. The fraction of sp³-hybridized carbons (Fsp3) is 0.364. The van der Waals surface area contributed by atoms with Crippen molar-refractivity contribution in [3.8, 4) is 0 Å². The van der Waals surface area contributed by atoms with Gasteiger partial charge >= 0.3 is 0 Å². The normalized spacial score (nSPS) is 19.1. The Hall–Kier alpha value is -1.42. The van der Waals surface area contributed by atoms with Crippen LogP contribution in [0.25, 0.3) is 0 Å². The molecule has 0 amide bonds. The van der Waals surface area contributed by atoms with E-state index in [4.69, 9.17) is 5.73 Å². The number of hydrogen-bond donors (Lipinski definition) is 1. The van der Waals surface area contributed by atoms with Gasteiger partial charge in [-0.1, -0.05) is 12.1 Å².